The van der Waals surface area contributed by atoms with Crippen LogP contribution in [-0.4, -0.2) is 115 Å². The number of rotatable bonds is 4. The minimum atomic E-state index is -1.74. The minimum absolute atomic E-state index is 0.667. The highest BCUT2D eigenvalue weighted by Gasteiger charge is 2.50. The Morgan fingerprint density at radius 1 is 0.652 bits per heavy atom. The molecule has 0 radical (unpaired) electrons. The smallest absolute Gasteiger partial charge is 0.187 e. The summed E-state index contributed by atoms with van der Waals surface area (Å²) < 4.78 is 15.3. The van der Waals surface area contributed by atoms with E-state index in [1.807, 2.05) is 0 Å². The van der Waals surface area contributed by atoms with E-state index in [4.69, 9.17) is 19.3 Å². The summed E-state index contributed by atoms with van der Waals surface area (Å²) in [5, 5.41) is 76.5. The first kappa shape index (κ1) is 18.9. The number of hydrogen-bond donors (Lipinski definition) is 8. The highest BCUT2D eigenvalue weighted by atomic mass is 16.7. The van der Waals surface area contributed by atoms with Crippen LogP contribution in [0.3, 0.4) is 0 Å². The van der Waals surface area contributed by atoms with E-state index < -0.39 is 74.6 Å². The fraction of sp³-hybridized carbons (Fsp3) is 1.00. The number of hydrogen-bond acceptors (Lipinski definition) is 11. The Balaban J connectivity index is 2.11. The summed E-state index contributed by atoms with van der Waals surface area (Å²) in [5.74, 6) is 0. The first-order chi connectivity index (χ1) is 10.8. The molecule has 11 heteroatoms. The van der Waals surface area contributed by atoms with Crippen molar-refractivity contribution in [3.8, 4) is 0 Å². The van der Waals surface area contributed by atoms with Crippen molar-refractivity contribution in [3.63, 3.8) is 0 Å². The van der Waals surface area contributed by atoms with Gasteiger partial charge >= 0.3 is 0 Å². The average molecular weight is 342 g/mol. The highest BCUT2D eigenvalue weighted by Crippen LogP contribution is 2.28. The molecule has 136 valence electrons. The van der Waals surface area contributed by atoms with Crippen molar-refractivity contribution < 1.29 is 55.1 Å². The molecular formula is C12H22O11. The van der Waals surface area contributed by atoms with E-state index in [9.17, 15) is 35.7 Å². The van der Waals surface area contributed by atoms with Gasteiger partial charge in [0.1, 0.15) is 48.8 Å². The van der Waals surface area contributed by atoms with Crippen LogP contribution < -0.4 is 0 Å². The van der Waals surface area contributed by atoms with E-state index in [0.717, 1.165) is 0 Å². The van der Waals surface area contributed by atoms with Crippen molar-refractivity contribution >= 4 is 0 Å². The third-order valence-corrected chi connectivity index (χ3v) is 3.98. The second-order valence-electron chi connectivity index (χ2n) is 5.53. The second-order valence-corrected chi connectivity index (χ2v) is 5.53. The van der Waals surface area contributed by atoms with Gasteiger partial charge in [-0.1, -0.05) is 0 Å². The van der Waals surface area contributed by atoms with Gasteiger partial charge in [-0.25, -0.2) is 0 Å². The topological polar surface area (TPSA) is 190 Å². The summed E-state index contributed by atoms with van der Waals surface area (Å²) in [6, 6.07) is 0. The molecular weight excluding hydrogens is 320 g/mol. The summed E-state index contributed by atoms with van der Waals surface area (Å²) >= 11 is 0. The van der Waals surface area contributed by atoms with Crippen molar-refractivity contribution in [3.05, 3.63) is 0 Å². The zero-order valence-corrected chi connectivity index (χ0v) is 12.0. The van der Waals surface area contributed by atoms with Gasteiger partial charge in [0.05, 0.1) is 13.2 Å². The van der Waals surface area contributed by atoms with Crippen molar-refractivity contribution in [1.29, 1.82) is 0 Å². The molecule has 2 fully saturated rings. The lowest BCUT2D eigenvalue weighted by molar-refractivity contribution is -0.355. The van der Waals surface area contributed by atoms with Crippen molar-refractivity contribution in [2.45, 2.75) is 61.4 Å². The number of aliphatic hydroxyl groups excluding tert-OH is 8. The molecule has 2 aliphatic heterocycles. The molecule has 23 heavy (non-hydrogen) atoms. The highest BCUT2D eigenvalue weighted by molar-refractivity contribution is 4.93. The number of aliphatic hydroxyl groups is 8. The van der Waals surface area contributed by atoms with E-state index >= 15 is 0 Å². The maximum atomic E-state index is 9.94. The monoisotopic (exact) mass is 342 g/mol. The Morgan fingerprint density at radius 2 is 1.26 bits per heavy atom. The average Bonchev–Trinajstić information content (AvgIpc) is 2.55. The quantitative estimate of drug-likeness (QED) is 0.243. The van der Waals surface area contributed by atoms with Crippen LogP contribution in [0, 0.1) is 0 Å². The van der Waals surface area contributed by atoms with E-state index in [-0.39, 0.29) is 0 Å². The maximum absolute atomic E-state index is 9.94. The van der Waals surface area contributed by atoms with Crippen molar-refractivity contribution in [2.24, 2.45) is 0 Å². The summed E-state index contributed by atoms with van der Waals surface area (Å²) in [6.45, 7) is -1.35. The van der Waals surface area contributed by atoms with Gasteiger partial charge in [-0.05, 0) is 0 Å². The molecule has 2 rings (SSSR count). The molecule has 0 aromatic rings. The zero-order valence-electron chi connectivity index (χ0n) is 12.0. The standard InChI is InChI=1S/C12H22O11/c13-1-3-5(15)6(16)9(19)12(22-3)23-10-4(2-14)21-11(20)8(18)7(10)17/h3-20H,1-2H2/t3?,4?,5-,6?,7+,8?,9-,10+,11+,12-/m0/s1. The van der Waals surface area contributed by atoms with Crippen molar-refractivity contribution in [2.75, 3.05) is 13.2 Å². The number of ether oxygens (including phenoxy) is 3. The lowest BCUT2D eigenvalue weighted by Gasteiger charge is -2.45. The van der Waals surface area contributed by atoms with Gasteiger partial charge in [-0.15, -0.1) is 0 Å². The van der Waals surface area contributed by atoms with Gasteiger partial charge in [-0.2, -0.15) is 0 Å². The van der Waals surface area contributed by atoms with E-state index in [1.165, 1.54) is 0 Å². The van der Waals surface area contributed by atoms with E-state index in [1.54, 1.807) is 0 Å². The predicted molar refractivity (Wildman–Crippen MR) is 68.6 cm³/mol. The van der Waals surface area contributed by atoms with Gasteiger partial charge < -0.3 is 55.1 Å². The van der Waals surface area contributed by atoms with Crippen LogP contribution in [0.15, 0.2) is 0 Å². The lowest BCUT2D eigenvalue weighted by atomic mass is 9.97. The summed E-state index contributed by atoms with van der Waals surface area (Å²) in [4.78, 5) is 0. The van der Waals surface area contributed by atoms with Gasteiger partial charge in [0.25, 0.3) is 0 Å². The Labute approximate surface area is 130 Å². The Hall–Kier alpha value is -0.440. The Bertz CT molecular complexity index is 378. The largest absolute Gasteiger partial charge is 0.394 e. The van der Waals surface area contributed by atoms with Crippen LogP contribution in [-0.2, 0) is 14.2 Å². The molecule has 2 saturated heterocycles. The molecule has 0 spiro atoms. The van der Waals surface area contributed by atoms with Gasteiger partial charge in [0, 0.05) is 0 Å². The minimum Gasteiger partial charge on any atom is -0.394 e. The van der Waals surface area contributed by atoms with Gasteiger partial charge in [-0.3, -0.25) is 0 Å². The third-order valence-electron chi connectivity index (χ3n) is 3.98. The third kappa shape index (κ3) is 3.65. The molecule has 10 atom stereocenters. The van der Waals surface area contributed by atoms with Crippen LogP contribution in [0.25, 0.3) is 0 Å². The molecule has 2 heterocycles. The normalized spacial score (nSPS) is 51.7. The summed E-state index contributed by atoms with van der Waals surface area (Å²) in [6.07, 6.45) is -15.6. The van der Waals surface area contributed by atoms with Gasteiger partial charge in [0.15, 0.2) is 12.6 Å². The fourth-order valence-corrected chi connectivity index (χ4v) is 2.57. The molecule has 4 unspecified atom stereocenters. The van der Waals surface area contributed by atoms with E-state index in [0.29, 0.717) is 0 Å². The van der Waals surface area contributed by atoms with Crippen molar-refractivity contribution in [1.82, 2.24) is 0 Å². The van der Waals surface area contributed by atoms with Crippen LogP contribution in [0.4, 0.5) is 0 Å². The van der Waals surface area contributed by atoms with Crippen LogP contribution in [0.5, 0.6) is 0 Å². The molecule has 11 nitrogen and oxygen atoms in total. The zero-order chi connectivity index (χ0) is 17.3. The second kappa shape index (κ2) is 7.63. The maximum Gasteiger partial charge on any atom is 0.187 e. The first-order valence-corrected chi connectivity index (χ1v) is 7.08. The van der Waals surface area contributed by atoms with Crippen LogP contribution in [0.1, 0.15) is 0 Å². The summed E-state index contributed by atoms with van der Waals surface area (Å²) in [5.41, 5.74) is 0. The first-order valence-electron chi connectivity index (χ1n) is 7.08. The molecule has 0 saturated carbocycles. The Kier molecular flexibility index (Phi) is 6.27. The predicted octanol–water partition coefficient (Wildman–Crippen LogP) is -5.40. The molecule has 0 aromatic carbocycles. The Morgan fingerprint density at radius 3 is 1.83 bits per heavy atom. The van der Waals surface area contributed by atoms with Gasteiger partial charge in [0.2, 0.25) is 0 Å². The molecule has 0 bridgehead atoms. The SMILES string of the molecule is OCC1O[C@@H](O[C@@H]2C(CO)O[C@@H](O)C(O)[C@H]2O)[C@@H](O)C(O)[C@H]1O. The molecule has 0 amide bonds. The lowest BCUT2D eigenvalue weighted by Crippen LogP contribution is -2.64. The summed E-state index contributed by atoms with van der Waals surface area (Å²) in [7, 11) is 0. The van der Waals surface area contributed by atoms with Crippen LogP contribution in [0.2, 0.25) is 0 Å². The molecule has 2 aliphatic rings. The van der Waals surface area contributed by atoms with E-state index in [2.05, 4.69) is 0 Å². The van der Waals surface area contributed by atoms with Crippen LogP contribution >= 0.6 is 0 Å². The molecule has 0 aliphatic carbocycles. The molecule has 8 N–H and O–H groups in total. The fourth-order valence-electron chi connectivity index (χ4n) is 2.57. The molecule has 0 aromatic heterocycles.